The number of anilines is 1. The maximum Gasteiger partial charge on any atom is 0.270 e. The second kappa shape index (κ2) is 11.7. The first-order chi connectivity index (χ1) is 16.7. The van der Waals surface area contributed by atoms with E-state index in [9.17, 15) is 14.4 Å². The molecular formula is C26H29N5O4. The first-order valence-corrected chi connectivity index (χ1v) is 11.2. The Hall–Kier alpha value is -4.27. The Kier molecular flexibility index (Phi) is 8.50. The van der Waals surface area contributed by atoms with Gasteiger partial charge in [-0.25, -0.2) is 9.97 Å². The van der Waals surface area contributed by atoms with Gasteiger partial charge in [-0.2, -0.15) is 0 Å². The Morgan fingerprint density at radius 3 is 2.17 bits per heavy atom. The van der Waals surface area contributed by atoms with Gasteiger partial charge in [0.1, 0.15) is 18.6 Å². The monoisotopic (exact) mass is 475 g/mol. The highest BCUT2D eigenvalue weighted by atomic mass is 16.5. The number of aromatic nitrogens is 2. The highest BCUT2D eigenvalue weighted by Gasteiger charge is 2.21. The molecule has 0 spiro atoms. The molecule has 0 aliphatic rings. The van der Waals surface area contributed by atoms with E-state index in [4.69, 9.17) is 4.74 Å². The molecule has 0 saturated carbocycles. The summed E-state index contributed by atoms with van der Waals surface area (Å²) < 4.78 is 5.62. The molecule has 0 aliphatic heterocycles. The van der Waals surface area contributed by atoms with E-state index in [0.717, 1.165) is 5.56 Å². The third-order valence-electron chi connectivity index (χ3n) is 4.89. The summed E-state index contributed by atoms with van der Waals surface area (Å²) in [5, 5.41) is 8.26. The Bertz CT molecular complexity index is 1160. The van der Waals surface area contributed by atoms with Crippen molar-refractivity contribution in [2.45, 2.75) is 27.4 Å². The van der Waals surface area contributed by atoms with Gasteiger partial charge in [0, 0.05) is 35.8 Å². The fourth-order valence-corrected chi connectivity index (χ4v) is 2.84. The van der Waals surface area contributed by atoms with Gasteiger partial charge in [0.05, 0.1) is 0 Å². The van der Waals surface area contributed by atoms with Crippen LogP contribution >= 0.6 is 0 Å². The topological polar surface area (TPSA) is 122 Å². The van der Waals surface area contributed by atoms with Crippen LogP contribution in [-0.2, 0) is 11.4 Å². The smallest absolute Gasteiger partial charge is 0.270 e. The summed E-state index contributed by atoms with van der Waals surface area (Å²) in [5.74, 6) is -0.495. The van der Waals surface area contributed by atoms with Crippen molar-refractivity contribution in [2.24, 2.45) is 5.41 Å². The van der Waals surface area contributed by atoms with E-state index in [-0.39, 0.29) is 30.6 Å². The van der Waals surface area contributed by atoms with Gasteiger partial charge in [-0.3, -0.25) is 14.4 Å². The summed E-state index contributed by atoms with van der Waals surface area (Å²) in [5.41, 5.74) is 1.70. The van der Waals surface area contributed by atoms with E-state index in [1.54, 1.807) is 24.3 Å². The van der Waals surface area contributed by atoms with E-state index in [1.165, 1.54) is 12.4 Å². The van der Waals surface area contributed by atoms with Crippen LogP contribution in [0.5, 0.6) is 5.88 Å². The maximum absolute atomic E-state index is 12.4. The number of amides is 3. The summed E-state index contributed by atoms with van der Waals surface area (Å²) >= 11 is 0. The number of benzene rings is 2. The predicted octanol–water partition coefficient (Wildman–Crippen LogP) is 3.20. The molecule has 3 N–H and O–H groups in total. The molecule has 0 fully saturated rings. The number of carbonyl (C=O) groups excluding carboxylic acids is 3. The third-order valence-corrected chi connectivity index (χ3v) is 4.89. The fraction of sp³-hybridized carbons (Fsp3) is 0.269. The average Bonchev–Trinajstić information content (AvgIpc) is 2.85. The number of ether oxygens (including phenoxy) is 1. The van der Waals surface area contributed by atoms with E-state index in [1.807, 2.05) is 51.1 Å². The molecule has 3 amide bonds. The molecule has 3 aromatic rings. The van der Waals surface area contributed by atoms with Crippen LogP contribution in [0.25, 0.3) is 0 Å². The molecule has 2 aromatic carbocycles. The van der Waals surface area contributed by atoms with Crippen LogP contribution in [0.15, 0.2) is 67.0 Å². The van der Waals surface area contributed by atoms with Crippen molar-refractivity contribution in [1.82, 2.24) is 20.6 Å². The molecule has 182 valence electrons. The predicted molar refractivity (Wildman–Crippen MR) is 132 cm³/mol. The Labute approximate surface area is 204 Å². The zero-order chi connectivity index (χ0) is 25.3. The molecule has 0 aliphatic carbocycles. The minimum Gasteiger partial charge on any atom is -0.473 e. The van der Waals surface area contributed by atoms with Crippen LogP contribution in [0.4, 0.5) is 5.69 Å². The highest BCUT2D eigenvalue weighted by molar-refractivity contribution is 5.97. The van der Waals surface area contributed by atoms with Gasteiger partial charge in [-0.05, 0) is 29.8 Å². The summed E-state index contributed by atoms with van der Waals surface area (Å²) in [6, 6.07) is 17.7. The molecule has 0 bridgehead atoms. The number of hydrogen-bond donors (Lipinski definition) is 3. The van der Waals surface area contributed by atoms with Crippen LogP contribution in [0.2, 0.25) is 0 Å². The van der Waals surface area contributed by atoms with Crippen LogP contribution in [0, 0.1) is 5.41 Å². The Morgan fingerprint density at radius 1 is 0.857 bits per heavy atom. The van der Waals surface area contributed by atoms with Crippen molar-refractivity contribution in [3.05, 3.63) is 83.8 Å². The first kappa shape index (κ1) is 25.4. The highest BCUT2D eigenvalue weighted by Crippen LogP contribution is 2.17. The number of nitrogens with one attached hydrogen (secondary N) is 3. The molecule has 1 heterocycles. The molecule has 9 heteroatoms. The van der Waals surface area contributed by atoms with Gasteiger partial charge in [-0.1, -0.05) is 51.1 Å². The quantitative estimate of drug-likeness (QED) is 0.409. The molecule has 0 atom stereocenters. The van der Waals surface area contributed by atoms with Crippen LogP contribution in [0.3, 0.4) is 0 Å². The zero-order valence-electron chi connectivity index (χ0n) is 20.0. The SMILES string of the molecule is CC(C)(C)C(=O)Nc1ccc(C(=O)NCCNC(=O)c2cc(OCc3ccccc3)ncn2)cc1. The molecule has 35 heavy (non-hydrogen) atoms. The van der Waals surface area contributed by atoms with Crippen LogP contribution < -0.4 is 20.7 Å². The zero-order valence-corrected chi connectivity index (χ0v) is 20.0. The fourth-order valence-electron chi connectivity index (χ4n) is 2.84. The van der Waals surface area contributed by atoms with Gasteiger partial charge in [0.25, 0.3) is 11.8 Å². The van der Waals surface area contributed by atoms with Crippen LogP contribution in [0.1, 0.15) is 47.2 Å². The van der Waals surface area contributed by atoms with E-state index < -0.39 is 11.3 Å². The van der Waals surface area contributed by atoms with E-state index in [2.05, 4.69) is 25.9 Å². The lowest BCUT2D eigenvalue weighted by atomic mass is 9.95. The van der Waals surface area contributed by atoms with Gasteiger partial charge >= 0.3 is 0 Å². The molecule has 1 aromatic heterocycles. The lowest BCUT2D eigenvalue weighted by Gasteiger charge is -2.17. The minimum absolute atomic E-state index is 0.107. The van der Waals surface area contributed by atoms with Crippen molar-refractivity contribution in [2.75, 3.05) is 18.4 Å². The molecule has 0 radical (unpaired) electrons. The number of hydrogen-bond acceptors (Lipinski definition) is 6. The average molecular weight is 476 g/mol. The van der Waals surface area contributed by atoms with E-state index in [0.29, 0.717) is 23.7 Å². The number of nitrogens with zero attached hydrogens (tertiary/aromatic N) is 2. The van der Waals surface area contributed by atoms with Crippen molar-refractivity contribution in [3.63, 3.8) is 0 Å². The molecule has 0 unspecified atom stereocenters. The van der Waals surface area contributed by atoms with Gasteiger partial charge < -0.3 is 20.7 Å². The molecule has 0 saturated heterocycles. The molecular weight excluding hydrogens is 446 g/mol. The van der Waals surface area contributed by atoms with Crippen molar-refractivity contribution < 1.29 is 19.1 Å². The summed E-state index contributed by atoms with van der Waals surface area (Å²) in [4.78, 5) is 44.8. The van der Waals surface area contributed by atoms with Crippen molar-refractivity contribution >= 4 is 23.4 Å². The second-order valence-corrected chi connectivity index (χ2v) is 8.81. The Balaban J connectivity index is 1.42. The maximum atomic E-state index is 12.4. The Morgan fingerprint density at radius 2 is 1.51 bits per heavy atom. The normalized spacial score (nSPS) is 10.8. The largest absolute Gasteiger partial charge is 0.473 e. The van der Waals surface area contributed by atoms with E-state index >= 15 is 0 Å². The van der Waals surface area contributed by atoms with Gasteiger partial charge in [0.2, 0.25) is 11.8 Å². The minimum atomic E-state index is -0.511. The number of rotatable bonds is 9. The summed E-state index contributed by atoms with van der Waals surface area (Å²) in [6.45, 7) is 6.25. The second-order valence-electron chi connectivity index (χ2n) is 8.81. The third kappa shape index (κ3) is 7.92. The van der Waals surface area contributed by atoms with Crippen molar-refractivity contribution in [1.29, 1.82) is 0 Å². The lowest BCUT2D eigenvalue weighted by molar-refractivity contribution is -0.123. The van der Waals surface area contributed by atoms with Gasteiger partial charge in [-0.15, -0.1) is 0 Å². The number of carbonyl (C=O) groups is 3. The standard InChI is InChI=1S/C26H29N5O4/c1-26(2,3)25(34)31-20-11-9-19(10-12-20)23(32)27-13-14-28-24(33)21-15-22(30-17-29-21)35-16-18-7-5-4-6-8-18/h4-12,15,17H,13-14,16H2,1-3H3,(H,27,32)(H,28,33)(H,31,34). The summed E-state index contributed by atoms with van der Waals surface area (Å²) in [7, 11) is 0. The summed E-state index contributed by atoms with van der Waals surface area (Å²) in [6.07, 6.45) is 1.27. The molecule has 9 nitrogen and oxygen atoms in total. The van der Waals surface area contributed by atoms with Crippen LogP contribution in [-0.4, -0.2) is 40.8 Å². The van der Waals surface area contributed by atoms with Crippen molar-refractivity contribution in [3.8, 4) is 5.88 Å². The first-order valence-electron chi connectivity index (χ1n) is 11.2. The van der Waals surface area contributed by atoms with Gasteiger partial charge in [0.15, 0.2) is 0 Å². The molecule has 3 rings (SSSR count). The lowest BCUT2D eigenvalue weighted by Crippen LogP contribution is -2.35.